The fourth-order valence-electron chi connectivity index (χ4n) is 0.678. The Kier molecular flexibility index (Phi) is 3.78. The third-order valence-corrected chi connectivity index (χ3v) is 1.62. The van der Waals surface area contributed by atoms with Crippen LogP contribution in [0.2, 0.25) is 0 Å². The topological polar surface area (TPSA) is 37.3 Å². The predicted molar refractivity (Wildman–Crippen MR) is 37.3 cm³/mol. The molecule has 0 spiro atoms. The van der Waals surface area contributed by atoms with Crippen LogP contribution in [0, 0.1) is 0 Å². The highest BCUT2D eigenvalue weighted by Crippen LogP contribution is 2.40. The lowest BCUT2D eigenvalue weighted by molar-refractivity contribution is -0.147. The first-order valence-electron chi connectivity index (χ1n) is 3.49. The number of halogens is 6. The summed E-state index contributed by atoms with van der Waals surface area (Å²) in [4.78, 5) is 10.0. The highest BCUT2D eigenvalue weighted by atomic mass is 19.3. The van der Waals surface area contributed by atoms with Gasteiger partial charge in [-0.3, -0.25) is 0 Å². The van der Waals surface area contributed by atoms with Crippen molar-refractivity contribution in [1.82, 2.24) is 0 Å². The number of carboxylic acid groups (broad SMARTS) is 1. The van der Waals surface area contributed by atoms with Crippen LogP contribution in [0.25, 0.3) is 0 Å². The predicted octanol–water partition coefficient (Wildman–Crippen LogP) is 2.55. The van der Waals surface area contributed by atoms with Crippen molar-refractivity contribution in [2.75, 3.05) is 6.67 Å². The van der Waals surface area contributed by atoms with Gasteiger partial charge in [-0.1, -0.05) is 0 Å². The molecule has 0 saturated carbocycles. The lowest BCUT2D eigenvalue weighted by Crippen LogP contribution is -2.47. The van der Waals surface area contributed by atoms with Crippen LogP contribution >= 0.6 is 0 Å². The molecule has 0 fully saturated rings. The lowest BCUT2D eigenvalue weighted by atomic mass is 9.95. The largest absolute Gasteiger partial charge is 0.478 e. The van der Waals surface area contributed by atoms with Crippen molar-refractivity contribution in [3.8, 4) is 0 Å². The summed E-state index contributed by atoms with van der Waals surface area (Å²) in [7, 11) is 0. The van der Waals surface area contributed by atoms with Crippen LogP contribution in [-0.2, 0) is 4.79 Å². The van der Waals surface area contributed by atoms with E-state index < -0.39 is 35.9 Å². The molecule has 2 nitrogen and oxygen atoms in total. The second-order valence-corrected chi connectivity index (χ2v) is 2.85. The average molecular weight is 236 g/mol. The fraction of sp³-hybridized carbons (Fsp3) is 0.571. The summed E-state index contributed by atoms with van der Waals surface area (Å²) in [5.74, 6) is -7.80. The molecule has 0 aliphatic heterocycles. The highest BCUT2D eigenvalue weighted by molar-refractivity contribution is 5.89. The summed E-state index contributed by atoms with van der Waals surface area (Å²) in [6.45, 7) is -2.29. The van der Waals surface area contributed by atoms with Gasteiger partial charge >= 0.3 is 11.9 Å². The quantitative estimate of drug-likeness (QED) is 0.601. The van der Waals surface area contributed by atoms with E-state index in [1.165, 1.54) is 0 Å². The summed E-state index contributed by atoms with van der Waals surface area (Å²) in [5, 5.41) is 8.03. The van der Waals surface area contributed by atoms with Crippen molar-refractivity contribution in [1.29, 1.82) is 0 Å². The molecule has 15 heavy (non-hydrogen) atoms. The number of hydrogen-bond acceptors (Lipinski definition) is 1. The molecule has 0 aliphatic rings. The van der Waals surface area contributed by atoms with Gasteiger partial charge in [-0.2, -0.15) is 17.6 Å². The Balaban J connectivity index is 5.54. The Morgan fingerprint density at radius 3 is 1.87 bits per heavy atom. The Labute approximate surface area is 80.2 Å². The minimum absolute atomic E-state index is 0.00111. The maximum atomic E-state index is 12.8. The third-order valence-electron chi connectivity index (χ3n) is 1.62. The highest BCUT2D eigenvalue weighted by Gasteiger charge is 2.58. The molecule has 8 heteroatoms. The SMILES string of the molecule is CC(F)(CF)C(F)(F)C(C(=O)O)=C(F)F. The maximum absolute atomic E-state index is 12.8. The second-order valence-electron chi connectivity index (χ2n) is 2.85. The van der Waals surface area contributed by atoms with Crippen LogP contribution in [0.4, 0.5) is 26.3 Å². The first kappa shape index (κ1) is 13.8. The Morgan fingerprint density at radius 1 is 1.27 bits per heavy atom. The zero-order chi connectivity index (χ0) is 12.4. The first-order valence-corrected chi connectivity index (χ1v) is 3.49. The average Bonchev–Trinajstić information content (AvgIpc) is 2.01. The van der Waals surface area contributed by atoms with Crippen LogP contribution in [0.3, 0.4) is 0 Å². The molecule has 1 unspecified atom stereocenters. The summed E-state index contributed by atoms with van der Waals surface area (Å²) in [6.07, 6.45) is -3.26. The molecule has 1 atom stereocenters. The molecule has 0 aliphatic carbocycles. The first-order chi connectivity index (χ1) is 6.58. The van der Waals surface area contributed by atoms with Crippen molar-refractivity contribution in [2.45, 2.75) is 18.5 Å². The van der Waals surface area contributed by atoms with Gasteiger partial charge in [0.15, 0.2) is 5.57 Å². The minimum Gasteiger partial charge on any atom is -0.478 e. The van der Waals surface area contributed by atoms with Crippen molar-refractivity contribution >= 4 is 5.97 Å². The van der Waals surface area contributed by atoms with E-state index >= 15 is 0 Å². The third kappa shape index (κ3) is 2.42. The van der Waals surface area contributed by atoms with E-state index in [0.717, 1.165) is 0 Å². The minimum atomic E-state index is -5.10. The number of carboxylic acids is 1. The molecule has 0 aromatic heterocycles. The molecule has 0 amide bonds. The molecule has 1 N–H and O–H groups in total. The van der Waals surface area contributed by atoms with E-state index in [0.29, 0.717) is 0 Å². The van der Waals surface area contributed by atoms with Crippen LogP contribution in [-0.4, -0.2) is 29.3 Å². The number of alkyl halides is 4. The summed E-state index contributed by atoms with van der Waals surface area (Å²) >= 11 is 0. The molecule has 0 heterocycles. The molecule has 0 saturated heterocycles. The van der Waals surface area contributed by atoms with Gasteiger partial charge in [-0.15, -0.1) is 0 Å². The van der Waals surface area contributed by atoms with Crippen LogP contribution in [0.5, 0.6) is 0 Å². The number of aliphatic carboxylic acids is 1. The molecule has 0 rings (SSSR count). The normalized spacial score (nSPS) is 15.7. The van der Waals surface area contributed by atoms with Crippen molar-refractivity contribution < 1.29 is 36.2 Å². The van der Waals surface area contributed by atoms with Crippen LogP contribution in [0.1, 0.15) is 6.92 Å². The lowest BCUT2D eigenvalue weighted by Gasteiger charge is -2.27. The second kappa shape index (κ2) is 4.11. The molecular weight excluding hydrogens is 230 g/mol. The Bertz CT molecular complexity index is 292. The summed E-state index contributed by atoms with van der Waals surface area (Å²) in [5.41, 5.74) is -6.73. The van der Waals surface area contributed by atoms with Crippen LogP contribution in [0.15, 0.2) is 11.7 Å². The molecule has 0 aromatic rings. The fourth-order valence-corrected chi connectivity index (χ4v) is 0.678. The van der Waals surface area contributed by atoms with Gasteiger partial charge in [0, 0.05) is 0 Å². The van der Waals surface area contributed by atoms with Gasteiger partial charge in [-0.05, 0) is 6.92 Å². The maximum Gasteiger partial charge on any atom is 0.343 e. The summed E-state index contributed by atoms with van der Waals surface area (Å²) in [6, 6.07) is 0. The molecule has 0 aromatic carbocycles. The number of carbonyl (C=O) groups is 1. The van der Waals surface area contributed by atoms with E-state index in [1.807, 2.05) is 0 Å². The monoisotopic (exact) mass is 236 g/mol. The van der Waals surface area contributed by atoms with Crippen molar-refractivity contribution in [2.24, 2.45) is 0 Å². The number of rotatable bonds is 4. The Hall–Kier alpha value is -1.21. The van der Waals surface area contributed by atoms with Gasteiger partial charge in [0.05, 0.1) is 0 Å². The van der Waals surface area contributed by atoms with Crippen molar-refractivity contribution in [3.05, 3.63) is 11.7 Å². The Morgan fingerprint density at radius 2 is 1.67 bits per heavy atom. The smallest absolute Gasteiger partial charge is 0.343 e. The van der Waals surface area contributed by atoms with Crippen molar-refractivity contribution in [3.63, 3.8) is 0 Å². The standard InChI is InChI=1S/C7H6F6O2/c1-6(11,2-8)7(12,13)3(4(9)10)5(14)15/h2H2,1H3,(H,14,15). The van der Waals surface area contributed by atoms with Gasteiger partial charge in [-0.25, -0.2) is 13.6 Å². The van der Waals surface area contributed by atoms with Gasteiger partial charge in [0.1, 0.15) is 6.67 Å². The molecular formula is C7H6F6O2. The van der Waals surface area contributed by atoms with Gasteiger partial charge < -0.3 is 5.11 Å². The molecule has 0 radical (unpaired) electrons. The zero-order valence-corrected chi connectivity index (χ0v) is 7.33. The van der Waals surface area contributed by atoms with E-state index in [2.05, 4.69) is 0 Å². The molecule has 88 valence electrons. The van der Waals surface area contributed by atoms with E-state index in [-0.39, 0.29) is 6.92 Å². The van der Waals surface area contributed by atoms with E-state index in [9.17, 15) is 31.1 Å². The van der Waals surface area contributed by atoms with E-state index in [4.69, 9.17) is 5.11 Å². The van der Waals surface area contributed by atoms with Crippen LogP contribution < -0.4 is 0 Å². The van der Waals surface area contributed by atoms with Gasteiger partial charge in [0.2, 0.25) is 5.67 Å². The number of hydrogen-bond donors (Lipinski definition) is 1. The molecule has 0 bridgehead atoms. The van der Waals surface area contributed by atoms with Gasteiger partial charge in [0.25, 0.3) is 6.08 Å². The van der Waals surface area contributed by atoms with E-state index in [1.54, 1.807) is 0 Å². The zero-order valence-electron chi connectivity index (χ0n) is 7.33. The summed E-state index contributed by atoms with van der Waals surface area (Å²) < 4.78 is 74.0.